The largest absolute Gasteiger partial charge is 0.389 e. The Balaban J connectivity index is 2.05. The normalized spacial score (nSPS) is 32.8. The molecule has 2 aliphatic carbocycles. The van der Waals surface area contributed by atoms with Crippen LogP contribution in [0, 0.1) is 0 Å². The Hall–Kier alpha value is -0.860. The van der Waals surface area contributed by atoms with Gasteiger partial charge in [0.05, 0.1) is 5.60 Å². The summed E-state index contributed by atoms with van der Waals surface area (Å²) in [6.45, 7) is 1.05. The Morgan fingerprint density at radius 1 is 1.10 bits per heavy atom. The molecule has 3 rings (SSSR count). The third-order valence-corrected chi connectivity index (χ3v) is 5.66. The highest BCUT2D eigenvalue weighted by atomic mass is 16.3. The summed E-state index contributed by atoms with van der Waals surface area (Å²) in [4.78, 5) is 2.25. The van der Waals surface area contributed by atoms with E-state index in [-0.39, 0.29) is 5.41 Å². The van der Waals surface area contributed by atoms with Crippen molar-refractivity contribution in [3.05, 3.63) is 35.4 Å². The summed E-state index contributed by atoms with van der Waals surface area (Å²) >= 11 is 0. The summed E-state index contributed by atoms with van der Waals surface area (Å²) in [6, 6.07) is 8.84. The van der Waals surface area contributed by atoms with E-state index in [1.807, 2.05) is 0 Å². The molecule has 0 saturated heterocycles. The molecule has 0 bridgehead atoms. The lowest BCUT2D eigenvalue weighted by Gasteiger charge is -2.55. The van der Waals surface area contributed by atoms with Crippen LogP contribution in [0.15, 0.2) is 24.3 Å². The van der Waals surface area contributed by atoms with E-state index in [1.165, 1.54) is 24.0 Å². The van der Waals surface area contributed by atoms with E-state index in [9.17, 15) is 5.11 Å². The van der Waals surface area contributed by atoms with Gasteiger partial charge in [-0.15, -0.1) is 0 Å². The molecule has 0 radical (unpaired) electrons. The molecule has 0 amide bonds. The summed E-state index contributed by atoms with van der Waals surface area (Å²) in [5, 5.41) is 11.4. The van der Waals surface area contributed by atoms with Crippen LogP contribution in [0.2, 0.25) is 0 Å². The van der Waals surface area contributed by atoms with E-state index in [0.717, 1.165) is 38.6 Å². The standard InChI is InChI=1S/C18H27NO/c1-19(2)14-13-17-10-5-6-11-18(17,20)12-9-15-7-3-4-8-16(15)17/h3-4,7-8,20H,5-6,9-14H2,1-2H3/t17-,18+/m0/s1. The highest BCUT2D eigenvalue weighted by Gasteiger charge is 2.54. The molecule has 1 aromatic carbocycles. The molecule has 0 unspecified atom stereocenters. The number of rotatable bonds is 3. The number of aryl methyl sites for hydroxylation is 1. The first kappa shape index (κ1) is 14.1. The highest BCUT2D eigenvalue weighted by molar-refractivity contribution is 5.41. The van der Waals surface area contributed by atoms with Crippen LogP contribution in [0.5, 0.6) is 0 Å². The van der Waals surface area contributed by atoms with Gasteiger partial charge in [0, 0.05) is 5.41 Å². The molecule has 1 saturated carbocycles. The number of aliphatic hydroxyl groups is 1. The molecule has 1 fully saturated rings. The van der Waals surface area contributed by atoms with Crippen molar-refractivity contribution in [1.29, 1.82) is 0 Å². The molecule has 0 heterocycles. The SMILES string of the molecule is CN(C)CC[C@]12CCCC[C@@]1(O)CCc1ccccc12. The van der Waals surface area contributed by atoms with Crippen LogP contribution < -0.4 is 0 Å². The first-order valence-electron chi connectivity index (χ1n) is 8.03. The Morgan fingerprint density at radius 2 is 1.85 bits per heavy atom. The van der Waals surface area contributed by atoms with Crippen LogP contribution in [-0.2, 0) is 11.8 Å². The number of fused-ring (bicyclic) bond motifs is 3. The third-order valence-electron chi connectivity index (χ3n) is 5.66. The van der Waals surface area contributed by atoms with Crippen LogP contribution in [0.1, 0.15) is 49.7 Å². The van der Waals surface area contributed by atoms with Crippen molar-refractivity contribution in [2.75, 3.05) is 20.6 Å². The van der Waals surface area contributed by atoms with Gasteiger partial charge in [0.1, 0.15) is 0 Å². The lowest BCUT2D eigenvalue weighted by molar-refractivity contribution is -0.0887. The van der Waals surface area contributed by atoms with Crippen molar-refractivity contribution in [2.45, 2.75) is 56.0 Å². The molecule has 2 heteroatoms. The molecule has 2 aliphatic rings. The average Bonchev–Trinajstić information content (AvgIpc) is 2.45. The van der Waals surface area contributed by atoms with Crippen molar-refractivity contribution < 1.29 is 5.11 Å². The topological polar surface area (TPSA) is 23.5 Å². The van der Waals surface area contributed by atoms with Gasteiger partial charge in [-0.3, -0.25) is 0 Å². The van der Waals surface area contributed by atoms with E-state index in [2.05, 4.69) is 43.3 Å². The second-order valence-electron chi connectivity index (χ2n) is 7.03. The second-order valence-corrected chi connectivity index (χ2v) is 7.03. The van der Waals surface area contributed by atoms with Gasteiger partial charge in [0.2, 0.25) is 0 Å². The molecule has 1 aromatic rings. The lowest BCUT2D eigenvalue weighted by Crippen LogP contribution is -2.57. The van der Waals surface area contributed by atoms with Crippen molar-refractivity contribution in [2.24, 2.45) is 0 Å². The second kappa shape index (κ2) is 5.16. The fourth-order valence-electron chi connectivity index (χ4n) is 4.52. The average molecular weight is 273 g/mol. The number of nitrogens with zero attached hydrogens (tertiary/aromatic N) is 1. The summed E-state index contributed by atoms with van der Waals surface area (Å²) < 4.78 is 0. The minimum Gasteiger partial charge on any atom is -0.389 e. The maximum Gasteiger partial charge on any atom is 0.0747 e. The van der Waals surface area contributed by atoms with Gasteiger partial charge in [-0.25, -0.2) is 0 Å². The van der Waals surface area contributed by atoms with E-state index in [4.69, 9.17) is 0 Å². The number of hydrogen-bond donors (Lipinski definition) is 1. The first-order valence-corrected chi connectivity index (χ1v) is 8.03. The van der Waals surface area contributed by atoms with Gasteiger partial charge < -0.3 is 10.0 Å². The molecule has 110 valence electrons. The van der Waals surface area contributed by atoms with E-state index in [1.54, 1.807) is 0 Å². The van der Waals surface area contributed by atoms with Crippen molar-refractivity contribution >= 4 is 0 Å². The Morgan fingerprint density at radius 3 is 2.65 bits per heavy atom. The van der Waals surface area contributed by atoms with Crippen molar-refractivity contribution in [3.8, 4) is 0 Å². The minimum absolute atomic E-state index is 0.00956. The molecule has 20 heavy (non-hydrogen) atoms. The Bertz CT molecular complexity index is 484. The van der Waals surface area contributed by atoms with Gasteiger partial charge in [-0.2, -0.15) is 0 Å². The number of benzene rings is 1. The minimum atomic E-state index is -0.477. The van der Waals surface area contributed by atoms with Gasteiger partial charge >= 0.3 is 0 Å². The number of hydrogen-bond acceptors (Lipinski definition) is 2. The summed E-state index contributed by atoms with van der Waals surface area (Å²) in [5.74, 6) is 0. The maximum absolute atomic E-state index is 11.4. The predicted molar refractivity (Wildman–Crippen MR) is 83.0 cm³/mol. The van der Waals surface area contributed by atoms with Crippen LogP contribution in [-0.4, -0.2) is 36.2 Å². The van der Waals surface area contributed by atoms with Crippen molar-refractivity contribution in [3.63, 3.8) is 0 Å². The smallest absolute Gasteiger partial charge is 0.0747 e. The molecule has 0 spiro atoms. The van der Waals surface area contributed by atoms with E-state index in [0.29, 0.717) is 0 Å². The predicted octanol–water partition coefficient (Wildman–Crippen LogP) is 3.13. The molecule has 1 N–H and O–H groups in total. The van der Waals surface area contributed by atoms with Gasteiger partial charge in [0.25, 0.3) is 0 Å². The molecular formula is C18H27NO. The van der Waals surface area contributed by atoms with Gasteiger partial charge in [0.15, 0.2) is 0 Å². The Kier molecular flexibility index (Phi) is 3.64. The molecule has 2 nitrogen and oxygen atoms in total. The third kappa shape index (κ3) is 2.10. The van der Waals surface area contributed by atoms with E-state index < -0.39 is 5.60 Å². The maximum atomic E-state index is 11.4. The zero-order valence-electron chi connectivity index (χ0n) is 12.9. The van der Waals surface area contributed by atoms with E-state index >= 15 is 0 Å². The molecular weight excluding hydrogens is 246 g/mol. The Labute approximate surface area is 122 Å². The van der Waals surface area contributed by atoms with Crippen LogP contribution in [0.3, 0.4) is 0 Å². The quantitative estimate of drug-likeness (QED) is 0.914. The van der Waals surface area contributed by atoms with Crippen LogP contribution in [0.4, 0.5) is 0 Å². The summed E-state index contributed by atoms with van der Waals surface area (Å²) in [7, 11) is 4.26. The van der Waals surface area contributed by atoms with Crippen LogP contribution in [0.25, 0.3) is 0 Å². The fraction of sp³-hybridized carbons (Fsp3) is 0.667. The molecule has 0 aliphatic heterocycles. The highest BCUT2D eigenvalue weighted by Crippen LogP contribution is 2.54. The zero-order valence-corrected chi connectivity index (χ0v) is 12.9. The zero-order chi connectivity index (χ0) is 14.2. The van der Waals surface area contributed by atoms with Crippen molar-refractivity contribution in [1.82, 2.24) is 4.90 Å². The monoisotopic (exact) mass is 273 g/mol. The van der Waals surface area contributed by atoms with Crippen LogP contribution >= 0.6 is 0 Å². The summed E-state index contributed by atoms with van der Waals surface area (Å²) in [6.07, 6.45) is 7.62. The summed E-state index contributed by atoms with van der Waals surface area (Å²) in [5.41, 5.74) is 2.42. The van der Waals surface area contributed by atoms with Gasteiger partial charge in [-0.1, -0.05) is 37.1 Å². The fourth-order valence-corrected chi connectivity index (χ4v) is 4.52. The first-order chi connectivity index (χ1) is 9.57. The molecule has 0 aromatic heterocycles. The lowest BCUT2D eigenvalue weighted by atomic mass is 9.53. The van der Waals surface area contributed by atoms with Gasteiger partial charge in [-0.05, 0) is 63.9 Å². The molecule has 2 atom stereocenters.